The van der Waals surface area contributed by atoms with Crippen LogP contribution >= 0.6 is 27.5 Å². The molecule has 0 aliphatic carbocycles. The van der Waals surface area contributed by atoms with Crippen LogP contribution in [-0.2, 0) is 6.54 Å². The second-order valence-electron chi connectivity index (χ2n) is 4.26. The number of benzene rings is 2. The van der Waals surface area contributed by atoms with E-state index >= 15 is 0 Å². The maximum Gasteiger partial charge on any atom is 0.273 e. The molecule has 0 aliphatic rings. The zero-order valence-corrected chi connectivity index (χ0v) is 13.4. The van der Waals surface area contributed by atoms with E-state index in [9.17, 15) is 10.1 Å². The Morgan fingerprint density at radius 1 is 1.29 bits per heavy atom. The van der Waals surface area contributed by atoms with Crippen molar-refractivity contribution in [1.29, 1.82) is 0 Å². The van der Waals surface area contributed by atoms with E-state index in [1.165, 1.54) is 12.1 Å². The van der Waals surface area contributed by atoms with E-state index in [1.54, 1.807) is 18.2 Å². The van der Waals surface area contributed by atoms with Crippen LogP contribution in [0.3, 0.4) is 0 Å². The largest absolute Gasteiger partial charge is 0.456 e. The highest BCUT2D eigenvalue weighted by Crippen LogP contribution is 2.35. The monoisotopic (exact) mass is 370 g/mol. The van der Waals surface area contributed by atoms with Crippen molar-refractivity contribution in [3.05, 3.63) is 61.6 Å². The highest BCUT2D eigenvalue weighted by atomic mass is 79.9. The van der Waals surface area contributed by atoms with Gasteiger partial charge in [-0.2, -0.15) is 0 Å². The van der Waals surface area contributed by atoms with Crippen molar-refractivity contribution in [2.24, 2.45) is 0 Å². The number of non-ortho nitro benzene ring substituents is 1. The van der Waals surface area contributed by atoms with Crippen LogP contribution in [0.2, 0.25) is 5.02 Å². The predicted octanol–water partition coefficient (Wildman–Crippen LogP) is 4.52. The highest BCUT2D eigenvalue weighted by molar-refractivity contribution is 9.10. The first-order valence-electron chi connectivity index (χ1n) is 6.06. The second kappa shape index (κ2) is 6.89. The fourth-order valence-electron chi connectivity index (χ4n) is 1.76. The van der Waals surface area contributed by atoms with Crippen molar-refractivity contribution in [3.63, 3.8) is 0 Å². The van der Waals surface area contributed by atoms with Gasteiger partial charge in [-0.1, -0.05) is 17.7 Å². The molecule has 5 nitrogen and oxygen atoms in total. The van der Waals surface area contributed by atoms with E-state index in [4.69, 9.17) is 16.3 Å². The van der Waals surface area contributed by atoms with Gasteiger partial charge in [-0.15, -0.1) is 0 Å². The zero-order chi connectivity index (χ0) is 15.4. The normalized spacial score (nSPS) is 10.4. The first kappa shape index (κ1) is 15.8. The molecule has 0 saturated carbocycles. The number of halogens is 2. The second-order valence-corrected chi connectivity index (χ2v) is 5.55. The summed E-state index contributed by atoms with van der Waals surface area (Å²) in [7, 11) is 1.82. The molecule has 0 aliphatic heterocycles. The average Bonchev–Trinajstić information content (AvgIpc) is 2.44. The Kier molecular flexibility index (Phi) is 5.17. The van der Waals surface area contributed by atoms with Gasteiger partial charge in [-0.3, -0.25) is 10.1 Å². The van der Waals surface area contributed by atoms with Gasteiger partial charge in [0.2, 0.25) is 0 Å². The van der Waals surface area contributed by atoms with E-state index in [2.05, 4.69) is 21.2 Å². The Morgan fingerprint density at radius 2 is 2.05 bits per heavy atom. The number of nitrogens with zero attached hydrogens (tertiary/aromatic N) is 1. The lowest BCUT2D eigenvalue weighted by Crippen LogP contribution is -2.06. The predicted molar refractivity (Wildman–Crippen MR) is 85.1 cm³/mol. The van der Waals surface area contributed by atoms with Crippen LogP contribution < -0.4 is 10.1 Å². The quantitative estimate of drug-likeness (QED) is 0.620. The fourth-order valence-corrected chi connectivity index (χ4v) is 2.25. The lowest BCUT2D eigenvalue weighted by Gasteiger charge is -2.12. The van der Waals surface area contributed by atoms with Gasteiger partial charge in [0.05, 0.1) is 15.5 Å². The minimum Gasteiger partial charge on any atom is -0.456 e. The molecule has 0 aromatic heterocycles. The Morgan fingerprint density at radius 3 is 2.71 bits per heavy atom. The summed E-state index contributed by atoms with van der Waals surface area (Å²) in [6, 6.07) is 9.65. The third-order valence-electron chi connectivity index (χ3n) is 2.74. The smallest absolute Gasteiger partial charge is 0.273 e. The molecule has 2 rings (SSSR count). The molecular weight excluding hydrogens is 360 g/mol. The molecule has 0 unspecified atom stereocenters. The summed E-state index contributed by atoms with van der Waals surface area (Å²) in [6.07, 6.45) is 0. The van der Waals surface area contributed by atoms with Gasteiger partial charge < -0.3 is 10.1 Å². The lowest BCUT2D eigenvalue weighted by atomic mass is 10.2. The van der Waals surface area contributed by atoms with Crippen LogP contribution in [0.1, 0.15) is 5.56 Å². The lowest BCUT2D eigenvalue weighted by molar-refractivity contribution is -0.384. The topological polar surface area (TPSA) is 64.4 Å². The third kappa shape index (κ3) is 3.93. The zero-order valence-electron chi connectivity index (χ0n) is 11.1. The summed E-state index contributed by atoms with van der Waals surface area (Å²) >= 11 is 9.31. The van der Waals surface area contributed by atoms with Gasteiger partial charge in [0.25, 0.3) is 5.69 Å². The summed E-state index contributed by atoms with van der Waals surface area (Å²) in [4.78, 5) is 10.4. The van der Waals surface area contributed by atoms with E-state index in [0.29, 0.717) is 27.5 Å². The standard InChI is InChI=1S/C14H12BrClN2O3/c1-17-8-9-2-3-10(16)6-13(9)21-14-7-11(18(19)20)4-5-12(14)15/h2-7,17H,8H2,1H3. The van der Waals surface area contributed by atoms with Gasteiger partial charge in [-0.05, 0) is 41.2 Å². The van der Waals surface area contributed by atoms with Crippen molar-refractivity contribution in [2.45, 2.75) is 6.54 Å². The SMILES string of the molecule is CNCc1ccc(Cl)cc1Oc1cc([N+](=O)[O-])ccc1Br. The summed E-state index contributed by atoms with van der Waals surface area (Å²) in [5, 5.41) is 14.4. The molecule has 0 fully saturated rings. The maximum atomic E-state index is 10.8. The summed E-state index contributed by atoms with van der Waals surface area (Å²) in [5.74, 6) is 0.918. The molecular formula is C14H12BrClN2O3. The fraction of sp³-hybridized carbons (Fsp3) is 0.143. The van der Waals surface area contributed by atoms with Crippen LogP contribution in [0.5, 0.6) is 11.5 Å². The van der Waals surface area contributed by atoms with Gasteiger partial charge >= 0.3 is 0 Å². The summed E-state index contributed by atoms with van der Waals surface area (Å²) in [5.41, 5.74) is 0.866. The molecule has 7 heteroatoms. The summed E-state index contributed by atoms with van der Waals surface area (Å²) < 4.78 is 6.42. The van der Waals surface area contributed by atoms with Crippen LogP contribution in [0, 0.1) is 10.1 Å². The number of nitro groups is 1. The minimum absolute atomic E-state index is 0.0367. The van der Waals surface area contributed by atoms with Crippen molar-refractivity contribution >= 4 is 33.2 Å². The van der Waals surface area contributed by atoms with Gasteiger partial charge in [0, 0.05) is 23.2 Å². The molecule has 0 amide bonds. The third-order valence-corrected chi connectivity index (χ3v) is 3.63. The van der Waals surface area contributed by atoms with Crippen molar-refractivity contribution in [3.8, 4) is 11.5 Å². The van der Waals surface area contributed by atoms with Crippen molar-refractivity contribution in [2.75, 3.05) is 7.05 Å². The molecule has 2 aromatic carbocycles. The molecule has 110 valence electrons. The van der Waals surface area contributed by atoms with Gasteiger partial charge in [0.15, 0.2) is 0 Å². The molecule has 0 bridgehead atoms. The Balaban J connectivity index is 2.39. The van der Waals surface area contributed by atoms with Crippen LogP contribution in [0.25, 0.3) is 0 Å². The number of ether oxygens (including phenoxy) is 1. The molecule has 0 spiro atoms. The first-order valence-corrected chi connectivity index (χ1v) is 7.23. The molecule has 1 N–H and O–H groups in total. The number of nitro benzene ring substituents is 1. The van der Waals surface area contributed by atoms with Crippen LogP contribution in [0.4, 0.5) is 5.69 Å². The molecule has 2 aromatic rings. The Bertz CT molecular complexity index is 679. The number of rotatable bonds is 5. The number of hydrogen-bond acceptors (Lipinski definition) is 4. The van der Waals surface area contributed by atoms with Gasteiger partial charge in [-0.25, -0.2) is 0 Å². The average molecular weight is 372 g/mol. The van der Waals surface area contributed by atoms with E-state index in [-0.39, 0.29) is 5.69 Å². The van der Waals surface area contributed by atoms with E-state index in [1.807, 2.05) is 13.1 Å². The first-order chi connectivity index (χ1) is 10.0. The Labute approximate surface area is 135 Å². The minimum atomic E-state index is -0.466. The van der Waals surface area contributed by atoms with Crippen LogP contribution in [0.15, 0.2) is 40.9 Å². The number of hydrogen-bond donors (Lipinski definition) is 1. The van der Waals surface area contributed by atoms with E-state index < -0.39 is 4.92 Å². The maximum absolute atomic E-state index is 10.8. The van der Waals surface area contributed by atoms with E-state index in [0.717, 1.165) is 5.56 Å². The molecule has 0 saturated heterocycles. The summed E-state index contributed by atoms with van der Waals surface area (Å²) in [6.45, 7) is 0.596. The Hall–Kier alpha value is -1.63. The molecule has 0 heterocycles. The number of nitrogens with one attached hydrogen (secondary N) is 1. The molecule has 0 atom stereocenters. The molecule has 21 heavy (non-hydrogen) atoms. The van der Waals surface area contributed by atoms with Crippen molar-refractivity contribution in [1.82, 2.24) is 5.32 Å². The van der Waals surface area contributed by atoms with Crippen molar-refractivity contribution < 1.29 is 9.66 Å². The highest BCUT2D eigenvalue weighted by Gasteiger charge is 2.13. The molecule has 0 radical (unpaired) electrons. The van der Waals surface area contributed by atoms with Gasteiger partial charge in [0.1, 0.15) is 11.5 Å². The van der Waals surface area contributed by atoms with Crippen LogP contribution in [-0.4, -0.2) is 12.0 Å².